The fourth-order valence-electron chi connectivity index (χ4n) is 4.15. The summed E-state index contributed by atoms with van der Waals surface area (Å²) in [4.78, 5) is 12.5. The van der Waals surface area contributed by atoms with Crippen LogP contribution in [0.2, 0.25) is 0 Å². The lowest BCUT2D eigenvalue weighted by atomic mass is 9.63. The van der Waals surface area contributed by atoms with E-state index in [4.69, 9.17) is 5.73 Å². The van der Waals surface area contributed by atoms with Crippen molar-refractivity contribution in [3.8, 4) is 0 Å². The van der Waals surface area contributed by atoms with Gasteiger partial charge < -0.3 is 11.1 Å². The minimum atomic E-state index is 0.0194. The average molecular weight is 288 g/mol. The second-order valence-electron chi connectivity index (χ2n) is 8.16. The molecule has 0 bridgehead atoms. The fraction of sp³-hybridized carbons (Fsp3) is 0.611. The van der Waals surface area contributed by atoms with Gasteiger partial charge in [0.15, 0.2) is 0 Å². The van der Waals surface area contributed by atoms with Crippen LogP contribution in [0.4, 0.5) is 5.69 Å². The minimum Gasteiger partial charge on any atom is -0.399 e. The van der Waals surface area contributed by atoms with Crippen LogP contribution in [-0.2, 0) is 0 Å². The second kappa shape index (κ2) is 5.36. The molecule has 3 heteroatoms. The van der Waals surface area contributed by atoms with Crippen LogP contribution in [0.1, 0.15) is 62.9 Å². The van der Waals surface area contributed by atoms with Crippen molar-refractivity contribution in [3.05, 3.63) is 29.3 Å². The van der Waals surface area contributed by atoms with Crippen LogP contribution in [0, 0.1) is 17.8 Å². The van der Waals surface area contributed by atoms with Crippen molar-refractivity contribution in [1.82, 2.24) is 5.32 Å². The van der Waals surface area contributed by atoms with E-state index < -0.39 is 0 Å². The summed E-state index contributed by atoms with van der Waals surface area (Å²) in [6, 6.07) is 5.70. The van der Waals surface area contributed by atoms with E-state index >= 15 is 0 Å². The lowest BCUT2D eigenvalue weighted by Crippen LogP contribution is -2.46. The molecular formula is C18H28N2O. The van der Waals surface area contributed by atoms with E-state index in [1.54, 1.807) is 6.07 Å². The van der Waals surface area contributed by atoms with Crippen LogP contribution in [-0.4, -0.2) is 11.9 Å². The molecule has 3 N–H and O–H groups in total. The van der Waals surface area contributed by atoms with Crippen molar-refractivity contribution in [3.63, 3.8) is 0 Å². The van der Waals surface area contributed by atoms with Gasteiger partial charge >= 0.3 is 0 Å². The first kappa shape index (κ1) is 15.9. The normalized spacial score (nSPS) is 21.0. The number of aryl methyl sites for hydroxylation is 1. The quantitative estimate of drug-likeness (QED) is 0.811. The monoisotopic (exact) mass is 288 g/mol. The van der Waals surface area contributed by atoms with Crippen molar-refractivity contribution < 1.29 is 4.79 Å². The van der Waals surface area contributed by atoms with Gasteiger partial charge in [-0.05, 0) is 60.8 Å². The Morgan fingerprint density at radius 2 is 1.76 bits per heavy atom. The van der Waals surface area contributed by atoms with Gasteiger partial charge in [-0.2, -0.15) is 0 Å². The number of nitrogens with two attached hydrogens (primary N) is 1. The molecule has 1 aromatic rings. The molecule has 0 spiro atoms. The van der Waals surface area contributed by atoms with Crippen molar-refractivity contribution in [2.24, 2.45) is 10.8 Å². The van der Waals surface area contributed by atoms with E-state index in [1.165, 1.54) is 6.42 Å². The van der Waals surface area contributed by atoms with Gasteiger partial charge in [0.2, 0.25) is 0 Å². The summed E-state index contributed by atoms with van der Waals surface area (Å²) in [5.41, 5.74) is 8.66. The lowest BCUT2D eigenvalue weighted by Gasteiger charge is -2.45. The number of nitrogen functional groups attached to an aromatic ring is 1. The number of carbonyl (C=O) groups excluding carboxylic acids is 1. The highest BCUT2D eigenvalue weighted by Crippen LogP contribution is 2.45. The molecule has 0 atom stereocenters. The number of nitrogens with one attached hydrogen (secondary N) is 1. The number of benzene rings is 1. The summed E-state index contributed by atoms with van der Waals surface area (Å²) < 4.78 is 0. The standard InChI is InChI=1S/C18H28N2O/c1-12-8-13(19)6-7-15(12)16(21)20-14-9-17(2,3)11-18(4,5)10-14/h6-8,14H,9-11,19H2,1-5H3,(H,20,21). The van der Waals surface area contributed by atoms with Gasteiger partial charge in [-0.15, -0.1) is 0 Å². The molecule has 116 valence electrons. The second-order valence-corrected chi connectivity index (χ2v) is 8.16. The predicted octanol–water partition coefficient (Wildman–Crippen LogP) is 3.91. The molecule has 1 saturated carbocycles. The van der Waals surface area contributed by atoms with Crippen LogP contribution >= 0.6 is 0 Å². The lowest BCUT2D eigenvalue weighted by molar-refractivity contribution is 0.0713. The molecule has 3 nitrogen and oxygen atoms in total. The maximum absolute atomic E-state index is 12.5. The third kappa shape index (κ3) is 3.99. The molecule has 1 aliphatic rings. The molecule has 1 aromatic carbocycles. The van der Waals surface area contributed by atoms with Gasteiger partial charge in [0, 0.05) is 17.3 Å². The first-order chi connectivity index (χ1) is 9.58. The largest absolute Gasteiger partial charge is 0.399 e. The summed E-state index contributed by atoms with van der Waals surface area (Å²) in [6.07, 6.45) is 3.28. The summed E-state index contributed by atoms with van der Waals surface area (Å²) in [5.74, 6) is 0.0194. The van der Waals surface area contributed by atoms with Gasteiger partial charge in [0.25, 0.3) is 5.91 Å². The molecule has 0 heterocycles. The summed E-state index contributed by atoms with van der Waals surface area (Å²) in [6.45, 7) is 11.1. The molecule has 1 amide bonds. The first-order valence-electron chi connectivity index (χ1n) is 7.75. The number of amides is 1. The summed E-state index contributed by atoms with van der Waals surface area (Å²) in [7, 11) is 0. The van der Waals surface area contributed by atoms with Gasteiger partial charge in [-0.1, -0.05) is 27.7 Å². The molecule has 21 heavy (non-hydrogen) atoms. The minimum absolute atomic E-state index is 0.0194. The number of carbonyl (C=O) groups is 1. The maximum atomic E-state index is 12.5. The van der Waals surface area contributed by atoms with Crippen molar-refractivity contribution >= 4 is 11.6 Å². The van der Waals surface area contributed by atoms with Crippen molar-refractivity contribution in [1.29, 1.82) is 0 Å². The molecule has 0 aromatic heterocycles. The first-order valence-corrected chi connectivity index (χ1v) is 7.75. The van der Waals surface area contributed by atoms with Crippen LogP contribution < -0.4 is 11.1 Å². The Hall–Kier alpha value is -1.51. The third-order valence-corrected chi connectivity index (χ3v) is 4.39. The molecule has 2 rings (SSSR count). The number of rotatable bonds is 2. The van der Waals surface area contributed by atoms with Crippen LogP contribution in [0.3, 0.4) is 0 Å². The van der Waals surface area contributed by atoms with Crippen LogP contribution in [0.5, 0.6) is 0 Å². The molecule has 0 radical (unpaired) electrons. The van der Waals surface area contributed by atoms with E-state index in [-0.39, 0.29) is 22.8 Å². The average Bonchev–Trinajstić information content (AvgIpc) is 2.23. The van der Waals surface area contributed by atoms with Crippen LogP contribution in [0.25, 0.3) is 0 Å². The van der Waals surface area contributed by atoms with E-state index in [1.807, 2.05) is 19.1 Å². The molecule has 1 fully saturated rings. The smallest absolute Gasteiger partial charge is 0.251 e. The molecule has 1 aliphatic carbocycles. The van der Waals surface area contributed by atoms with Gasteiger partial charge in [-0.3, -0.25) is 4.79 Å². The zero-order valence-electron chi connectivity index (χ0n) is 13.9. The van der Waals surface area contributed by atoms with E-state index in [0.29, 0.717) is 5.69 Å². The number of anilines is 1. The number of hydrogen-bond donors (Lipinski definition) is 2. The molecule has 0 unspecified atom stereocenters. The summed E-state index contributed by atoms with van der Waals surface area (Å²) in [5, 5.41) is 3.23. The third-order valence-electron chi connectivity index (χ3n) is 4.39. The Bertz CT molecular complexity index is 530. The topological polar surface area (TPSA) is 55.1 Å². The van der Waals surface area contributed by atoms with E-state index in [0.717, 1.165) is 24.0 Å². The van der Waals surface area contributed by atoms with Gasteiger partial charge in [0.1, 0.15) is 0 Å². The zero-order valence-corrected chi connectivity index (χ0v) is 13.9. The van der Waals surface area contributed by atoms with Crippen LogP contribution in [0.15, 0.2) is 18.2 Å². The SMILES string of the molecule is Cc1cc(N)ccc1C(=O)NC1CC(C)(C)CC(C)(C)C1. The van der Waals surface area contributed by atoms with E-state index in [9.17, 15) is 4.79 Å². The molecule has 0 saturated heterocycles. The Kier molecular flexibility index (Phi) is 4.05. The van der Waals surface area contributed by atoms with E-state index in [2.05, 4.69) is 33.0 Å². The van der Waals surface area contributed by atoms with Crippen molar-refractivity contribution in [2.75, 3.05) is 5.73 Å². The highest BCUT2D eigenvalue weighted by atomic mass is 16.1. The number of hydrogen-bond acceptors (Lipinski definition) is 2. The maximum Gasteiger partial charge on any atom is 0.251 e. The predicted molar refractivity (Wildman–Crippen MR) is 88.3 cm³/mol. The van der Waals surface area contributed by atoms with Gasteiger partial charge in [-0.25, -0.2) is 0 Å². The Morgan fingerprint density at radius 1 is 1.19 bits per heavy atom. The fourth-order valence-corrected chi connectivity index (χ4v) is 4.15. The van der Waals surface area contributed by atoms with Crippen molar-refractivity contribution in [2.45, 2.75) is 59.9 Å². The molecular weight excluding hydrogens is 260 g/mol. The van der Waals surface area contributed by atoms with Gasteiger partial charge in [0.05, 0.1) is 0 Å². The Morgan fingerprint density at radius 3 is 2.29 bits per heavy atom. The Labute approximate surface area is 128 Å². The highest BCUT2D eigenvalue weighted by molar-refractivity contribution is 5.96. The summed E-state index contributed by atoms with van der Waals surface area (Å²) >= 11 is 0. The highest BCUT2D eigenvalue weighted by Gasteiger charge is 2.38. The zero-order chi connectivity index (χ0) is 15.8. The molecule has 0 aliphatic heterocycles. The Balaban J connectivity index is 2.12.